The van der Waals surface area contributed by atoms with E-state index in [2.05, 4.69) is 5.32 Å². The Morgan fingerprint density at radius 1 is 0.938 bits per heavy atom. The van der Waals surface area contributed by atoms with Crippen LogP contribution in [0.1, 0.15) is 120 Å². The topological polar surface area (TPSA) is 251 Å². The van der Waals surface area contributed by atoms with Gasteiger partial charge in [-0.1, -0.05) is 42.3 Å². The molecule has 0 aromatic heterocycles. The van der Waals surface area contributed by atoms with Crippen LogP contribution in [-0.4, -0.2) is 195 Å². The number of fused-ring (bicyclic) bond motifs is 5. The quantitative estimate of drug-likeness (QED) is 0.0709. The summed E-state index contributed by atoms with van der Waals surface area (Å²) in [5.74, 6) is -2.89. The zero-order valence-electron chi connectivity index (χ0n) is 49.2. The number of benzene rings is 1. The van der Waals surface area contributed by atoms with Gasteiger partial charge in [-0.05, 0) is 99.3 Å². The molecule has 448 valence electrons. The van der Waals surface area contributed by atoms with E-state index in [1.54, 1.807) is 96.5 Å². The second-order valence-corrected chi connectivity index (χ2v) is 23.6. The number of hydrogen-bond acceptors (Lipinski definition) is 17. The molecule has 8 atom stereocenters. The van der Waals surface area contributed by atoms with Crippen LogP contribution in [0.3, 0.4) is 0 Å². The number of piperidine rings is 1. The molecule has 0 aliphatic carbocycles. The molecule has 0 spiro atoms. The fourth-order valence-corrected chi connectivity index (χ4v) is 10.3. The maximum atomic E-state index is 14.5. The fourth-order valence-electron chi connectivity index (χ4n) is 9.98. The highest BCUT2D eigenvalue weighted by Gasteiger charge is 2.64. The van der Waals surface area contributed by atoms with Crippen molar-refractivity contribution in [3.05, 3.63) is 46.5 Å². The number of hydrogen-bond donors (Lipinski definition) is 2. The Morgan fingerprint density at radius 3 is 2.20 bits per heavy atom. The molecule has 1 aromatic rings. The molecule has 2 unspecified atom stereocenters. The Labute approximate surface area is 475 Å². The molecule has 22 nitrogen and oxygen atoms in total. The van der Waals surface area contributed by atoms with Crippen LogP contribution in [-0.2, 0) is 68.3 Å². The van der Waals surface area contributed by atoms with Crippen LogP contribution in [0, 0.1) is 5.92 Å². The van der Waals surface area contributed by atoms with Crippen LogP contribution in [0.2, 0.25) is 5.02 Å². The number of methoxy groups -OCH3 is 2. The zero-order chi connectivity index (χ0) is 59.5. The van der Waals surface area contributed by atoms with Crippen LogP contribution < -0.4 is 15.0 Å². The Hall–Kier alpha value is -5.52. The van der Waals surface area contributed by atoms with Gasteiger partial charge in [-0.3, -0.25) is 24.5 Å². The molecule has 4 heterocycles. The molecule has 3 saturated heterocycles. The number of anilines is 1. The Kier molecular flexibility index (Phi) is 22.8. The highest BCUT2D eigenvalue weighted by atomic mass is 35.5. The highest BCUT2D eigenvalue weighted by molar-refractivity contribution is 6.35. The van der Waals surface area contributed by atoms with Crippen molar-refractivity contribution in [2.75, 3.05) is 79.3 Å². The van der Waals surface area contributed by atoms with E-state index in [-0.39, 0.29) is 81.6 Å². The van der Waals surface area contributed by atoms with Gasteiger partial charge in [-0.25, -0.2) is 14.4 Å². The minimum Gasteiger partial charge on any atom is -0.495 e. The van der Waals surface area contributed by atoms with Crippen molar-refractivity contribution >= 4 is 59.1 Å². The highest BCUT2D eigenvalue weighted by Crippen LogP contribution is 2.49. The number of nitrogens with one attached hydrogen (secondary N) is 1. The molecule has 5 amide bonds. The SMILES string of the molecule is COc1cc2cc(c1Cl)N(C)C(=O)C[C@H](OC(=O)[C@H](C)N(C)C(=O)CCC(=O)N(CCOCCOCCC(=O)OC(C)(C)C)C1CCN(C(=O)OC(C)(C)C)CC1)C1(C)OC1[C@H](C)[C@@H]1C[C@@](O)(NC(=O)O1)[C@H](OC)C=CC=C(C)C2. The molecular weight excluding hydrogens is 1060 g/mol. The van der Waals surface area contributed by atoms with Gasteiger partial charge in [-0.15, -0.1) is 0 Å². The van der Waals surface area contributed by atoms with Gasteiger partial charge < -0.3 is 67.3 Å². The molecule has 5 rings (SSSR count). The summed E-state index contributed by atoms with van der Waals surface area (Å²) < 4.78 is 51.9. The van der Waals surface area contributed by atoms with Crippen molar-refractivity contribution < 1.29 is 81.3 Å². The van der Waals surface area contributed by atoms with Gasteiger partial charge >= 0.3 is 24.1 Å². The third-order valence-corrected chi connectivity index (χ3v) is 15.1. The van der Waals surface area contributed by atoms with Gasteiger partial charge in [0.15, 0.2) is 5.72 Å². The fraction of sp³-hybridized carbons (Fsp3) is 0.702. The number of carbonyl (C=O) groups is 7. The Morgan fingerprint density at radius 2 is 1.57 bits per heavy atom. The second-order valence-electron chi connectivity index (χ2n) is 23.3. The predicted octanol–water partition coefficient (Wildman–Crippen LogP) is 6.29. The maximum absolute atomic E-state index is 14.5. The van der Waals surface area contributed by atoms with Crippen LogP contribution in [0.5, 0.6) is 5.75 Å². The lowest BCUT2D eigenvalue weighted by molar-refractivity contribution is -0.162. The average Bonchev–Trinajstić information content (AvgIpc) is 4.23. The number of esters is 2. The van der Waals surface area contributed by atoms with Crippen molar-refractivity contribution in [3.8, 4) is 5.75 Å². The zero-order valence-corrected chi connectivity index (χ0v) is 49.9. The lowest BCUT2D eigenvalue weighted by Gasteiger charge is -2.42. The van der Waals surface area contributed by atoms with E-state index in [4.69, 9.17) is 54.2 Å². The summed E-state index contributed by atoms with van der Waals surface area (Å²) in [4.78, 5) is 101. The largest absolute Gasteiger partial charge is 0.495 e. The minimum absolute atomic E-state index is 0.0891. The van der Waals surface area contributed by atoms with Gasteiger partial charge in [0, 0.05) is 72.1 Å². The van der Waals surface area contributed by atoms with Gasteiger partial charge in [0.2, 0.25) is 17.7 Å². The smallest absolute Gasteiger partial charge is 0.410 e. The summed E-state index contributed by atoms with van der Waals surface area (Å²) in [7, 11) is 5.84. The molecular formula is C57H86ClN5O17. The number of halogens is 1. The molecule has 1 aromatic carbocycles. The number of aliphatic hydroxyl groups is 1. The summed E-state index contributed by atoms with van der Waals surface area (Å²) >= 11 is 6.85. The van der Waals surface area contributed by atoms with Crippen molar-refractivity contribution in [3.63, 3.8) is 0 Å². The summed E-state index contributed by atoms with van der Waals surface area (Å²) in [6.07, 6.45) is 0.328. The number of ether oxygens (including phenoxy) is 9. The van der Waals surface area contributed by atoms with Gasteiger partial charge in [0.1, 0.15) is 51.9 Å². The van der Waals surface area contributed by atoms with Gasteiger partial charge in [0.25, 0.3) is 0 Å². The average molecular weight is 1150 g/mol. The molecule has 4 aliphatic heterocycles. The number of epoxide rings is 1. The molecule has 0 saturated carbocycles. The van der Waals surface area contributed by atoms with E-state index in [1.165, 1.54) is 38.0 Å². The first-order valence-electron chi connectivity index (χ1n) is 27.4. The molecule has 3 fully saturated rings. The van der Waals surface area contributed by atoms with Crippen LogP contribution in [0.15, 0.2) is 35.9 Å². The van der Waals surface area contributed by atoms with Crippen LogP contribution in [0.4, 0.5) is 15.3 Å². The minimum atomic E-state index is -1.90. The van der Waals surface area contributed by atoms with Crippen molar-refractivity contribution in [1.29, 1.82) is 0 Å². The van der Waals surface area contributed by atoms with Gasteiger partial charge in [0.05, 0.1) is 58.2 Å². The third-order valence-electron chi connectivity index (χ3n) is 14.7. The molecule has 0 radical (unpaired) electrons. The number of likely N-dealkylation sites (N-methyl/N-ethyl adjacent to an activating group) is 1. The number of amides is 5. The lowest BCUT2D eigenvalue weighted by atomic mass is 9.83. The number of allylic oxidation sites excluding steroid dienone is 3. The number of carbonyl (C=O) groups excluding carboxylic acids is 7. The van der Waals surface area contributed by atoms with Crippen molar-refractivity contribution in [2.45, 2.75) is 180 Å². The molecule has 80 heavy (non-hydrogen) atoms. The van der Waals surface area contributed by atoms with Crippen LogP contribution in [0.25, 0.3) is 0 Å². The normalized spacial score (nSPS) is 25.2. The standard InChI is InChI=1S/C57H86ClN5O17/c1-35-16-15-17-43(73-14)57(71)34-42(76-52(69)59-57)36(2)50-56(10,79-50)44(33-47(66)61(12)40-31-38(30-35)32-41(72-13)49(40)58)77-51(68)37(3)60(11)45(64)18-19-46(65)63(39-20-23-62(24-21-39)53(70)80-55(7,8)9)25-27-75-29-28-74-26-22-48(67)78-54(4,5)6/h15-17,31-32,36-37,39,42-44,50,71H,18-30,33-34H2,1-14H3,(H,59,69)/t36-,37+,42+,43-,44+,50?,56?,57+/m1/s1. The number of rotatable bonds is 18. The molecule has 4 bridgehead atoms. The third kappa shape index (κ3) is 18.0. The summed E-state index contributed by atoms with van der Waals surface area (Å²) in [6, 6.07) is 2.04. The monoisotopic (exact) mass is 1150 g/mol. The Balaban J connectivity index is 1.30. The van der Waals surface area contributed by atoms with E-state index < -0.39 is 95.3 Å². The van der Waals surface area contributed by atoms with Crippen LogP contribution >= 0.6 is 11.6 Å². The molecule has 2 N–H and O–H groups in total. The second kappa shape index (κ2) is 28.0. The number of likely N-dealkylation sites (tertiary alicyclic amines) is 1. The number of alkyl carbamates (subject to hydrolysis) is 1. The summed E-state index contributed by atoms with van der Waals surface area (Å²) in [6.45, 7) is 19.1. The van der Waals surface area contributed by atoms with Crippen molar-refractivity contribution in [2.24, 2.45) is 5.92 Å². The van der Waals surface area contributed by atoms with E-state index in [1.807, 2.05) is 13.0 Å². The molecule has 4 aliphatic rings. The maximum Gasteiger partial charge on any atom is 0.410 e. The predicted molar refractivity (Wildman–Crippen MR) is 295 cm³/mol. The number of nitrogens with zero attached hydrogens (tertiary/aromatic N) is 4. The first-order chi connectivity index (χ1) is 37.4. The van der Waals surface area contributed by atoms with Gasteiger partial charge in [-0.2, -0.15) is 0 Å². The van der Waals surface area contributed by atoms with E-state index in [0.29, 0.717) is 43.8 Å². The van der Waals surface area contributed by atoms with Crippen molar-refractivity contribution in [1.82, 2.24) is 20.0 Å². The first-order valence-corrected chi connectivity index (χ1v) is 27.8. The Bertz CT molecular complexity index is 2430. The summed E-state index contributed by atoms with van der Waals surface area (Å²) in [5, 5.41) is 14.6. The van der Waals surface area contributed by atoms with E-state index >= 15 is 0 Å². The summed E-state index contributed by atoms with van der Waals surface area (Å²) in [5.41, 5.74) is -2.53. The van der Waals surface area contributed by atoms with E-state index in [9.17, 15) is 38.7 Å². The lowest BCUT2D eigenvalue weighted by Crippen LogP contribution is -2.63. The molecule has 23 heteroatoms. The first kappa shape index (κ1) is 65.3. The van der Waals surface area contributed by atoms with E-state index in [0.717, 1.165) is 11.1 Å².